The molecule has 0 aliphatic carbocycles. The first kappa shape index (κ1) is 22.6. The molecule has 1 fully saturated rings. The molecule has 0 saturated carbocycles. The van der Waals surface area contributed by atoms with Gasteiger partial charge in [-0.2, -0.15) is 0 Å². The number of hydrogen-bond acceptors (Lipinski definition) is 9. The summed E-state index contributed by atoms with van der Waals surface area (Å²) in [5.41, 5.74) is 0.828. The van der Waals surface area contributed by atoms with E-state index in [-0.39, 0.29) is 40.6 Å². The number of ether oxygens (including phenoxy) is 1. The molecule has 1 aromatic heterocycles. The molecule has 4 rings (SSSR count). The molecule has 1 aliphatic heterocycles. The molecule has 1 N–H and O–H groups in total. The number of non-ortho nitro benzene ring substituents is 1. The number of aliphatic hydroxyl groups is 1. The van der Waals surface area contributed by atoms with E-state index in [1.807, 2.05) is 11.9 Å². The van der Waals surface area contributed by atoms with Crippen LogP contribution in [0.5, 0.6) is 5.75 Å². The molecule has 10 nitrogen and oxygen atoms in total. The first-order valence-corrected chi connectivity index (χ1v) is 10.5. The van der Waals surface area contributed by atoms with Crippen LogP contribution in [0.3, 0.4) is 0 Å². The third kappa shape index (κ3) is 4.48. The van der Waals surface area contributed by atoms with Crippen molar-refractivity contribution in [2.45, 2.75) is 32.0 Å². The predicted octanol–water partition coefficient (Wildman–Crippen LogP) is 3.77. The Hall–Kier alpha value is -3.63. The maximum Gasteiger partial charge on any atom is 0.269 e. The Labute approximate surface area is 188 Å². The van der Waals surface area contributed by atoms with Gasteiger partial charge in [-0.15, -0.1) is 4.91 Å². The van der Waals surface area contributed by atoms with E-state index in [9.17, 15) is 24.9 Å². The number of nitroso groups, excluding NO2 is 1. The SMILES string of the molecule is Cc1cc(=O)c2c(N=O)cc(OCc3ccc([N+](=O)[O-])cc3)c(C3CCN(C)CC3O)c2o1. The molecule has 1 aliphatic rings. The van der Waals surface area contributed by atoms with E-state index in [0.29, 0.717) is 29.9 Å². The summed E-state index contributed by atoms with van der Waals surface area (Å²) in [6.45, 7) is 2.83. The topological polar surface area (TPSA) is 135 Å². The van der Waals surface area contributed by atoms with Crippen LogP contribution < -0.4 is 10.2 Å². The van der Waals surface area contributed by atoms with Crippen LogP contribution in [0.1, 0.15) is 29.2 Å². The molecule has 10 heteroatoms. The van der Waals surface area contributed by atoms with Crippen LogP contribution in [0.15, 0.2) is 50.8 Å². The quantitative estimate of drug-likeness (QED) is 0.338. The normalized spacial score (nSPS) is 18.9. The Balaban J connectivity index is 1.82. The number of piperidine rings is 1. The van der Waals surface area contributed by atoms with Gasteiger partial charge in [0.2, 0.25) is 0 Å². The summed E-state index contributed by atoms with van der Waals surface area (Å²) < 4.78 is 11.9. The van der Waals surface area contributed by atoms with Gasteiger partial charge in [0.1, 0.15) is 29.4 Å². The van der Waals surface area contributed by atoms with Gasteiger partial charge in [0.15, 0.2) is 5.43 Å². The van der Waals surface area contributed by atoms with Crippen molar-refractivity contribution in [1.82, 2.24) is 4.90 Å². The number of likely N-dealkylation sites (N-methyl/N-ethyl adjacent to an activating group) is 1. The summed E-state index contributed by atoms with van der Waals surface area (Å²) in [6.07, 6.45) is -0.152. The van der Waals surface area contributed by atoms with Crippen molar-refractivity contribution in [3.63, 3.8) is 0 Å². The van der Waals surface area contributed by atoms with Crippen LogP contribution in [0, 0.1) is 21.9 Å². The highest BCUT2D eigenvalue weighted by molar-refractivity contribution is 5.93. The van der Waals surface area contributed by atoms with Gasteiger partial charge in [0.25, 0.3) is 5.69 Å². The number of nitro benzene ring substituents is 1. The minimum atomic E-state index is -0.741. The molecule has 0 amide bonds. The van der Waals surface area contributed by atoms with E-state index < -0.39 is 16.5 Å². The Bertz CT molecular complexity index is 1270. The second kappa shape index (κ2) is 9.08. The second-order valence-electron chi connectivity index (χ2n) is 8.26. The number of rotatable bonds is 6. The number of β-amino-alcohol motifs (C(OH)–C–C–N with tert-alkyl or cyclic N) is 1. The summed E-state index contributed by atoms with van der Waals surface area (Å²) in [5.74, 6) is 0.250. The number of nitrogens with zero attached hydrogens (tertiary/aromatic N) is 3. The Morgan fingerprint density at radius 1 is 1.30 bits per heavy atom. The van der Waals surface area contributed by atoms with Gasteiger partial charge < -0.3 is 19.2 Å². The van der Waals surface area contributed by atoms with Gasteiger partial charge in [-0.3, -0.25) is 14.9 Å². The van der Waals surface area contributed by atoms with Crippen molar-refractivity contribution in [2.75, 3.05) is 20.1 Å². The van der Waals surface area contributed by atoms with Crippen LogP contribution in [0.4, 0.5) is 11.4 Å². The fourth-order valence-electron chi connectivity index (χ4n) is 4.27. The van der Waals surface area contributed by atoms with Gasteiger partial charge in [-0.05, 0) is 49.8 Å². The summed E-state index contributed by atoms with van der Waals surface area (Å²) in [7, 11) is 1.91. The Morgan fingerprint density at radius 2 is 2.03 bits per heavy atom. The van der Waals surface area contributed by atoms with E-state index in [1.54, 1.807) is 19.1 Å². The molecule has 2 heterocycles. The number of likely N-dealkylation sites (tertiary alicyclic amines) is 1. The van der Waals surface area contributed by atoms with Crippen molar-refractivity contribution < 1.29 is 19.2 Å². The summed E-state index contributed by atoms with van der Waals surface area (Å²) in [5, 5.41) is 24.8. The third-order valence-electron chi connectivity index (χ3n) is 5.90. The van der Waals surface area contributed by atoms with E-state index >= 15 is 0 Å². The average molecular weight is 453 g/mol. The lowest BCUT2D eigenvalue weighted by molar-refractivity contribution is -0.384. The van der Waals surface area contributed by atoms with Crippen LogP contribution in [-0.4, -0.2) is 41.2 Å². The van der Waals surface area contributed by atoms with Crippen LogP contribution in [0.2, 0.25) is 0 Å². The molecule has 33 heavy (non-hydrogen) atoms. The van der Waals surface area contributed by atoms with E-state index in [2.05, 4.69) is 5.18 Å². The van der Waals surface area contributed by atoms with Crippen molar-refractivity contribution in [3.05, 3.63) is 78.5 Å². The standard InChI is InChI=1S/C23H23N3O7/c1-13-9-18(27)22-17(24-29)10-20(32-12-14-3-5-15(6-4-14)26(30)31)21(23(22)33-13)16-7-8-25(2)11-19(16)28/h3-6,9-10,16,19,28H,7-8,11-12H2,1-2H3. The van der Waals surface area contributed by atoms with Gasteiger partial charge in [-0.1, -0.05) is 0 Å². The number of aryl methyl sites for hydroxylation is 1. The molecule has 2 atom stereocenters. The molecule has 1 saturated heterocycles. The van der Waals surface area contributed by atoms with Crippen LogP contribution >= 0.6 is 0 Å². The largest absolute Gasteiger partial charge is 0.488 e. The average Bonchev–Trinajstić information content (AvgIpc) is 2.77. The number of fused-ring (bicyclic) bond motifs is 1. The lowest BCUT2D eigenvalue weighted by Gasteiger charge is -2.34. The zero-order valence-corrected chi connectivity index (χ0v) is 18.2. The van der Waals surface area contributed by atoms with Crippen molar-refractivity contribution in [1.29, 1.82) is 0 Å². The zero-order chi connectivity index (χ0) is 23.7. The zero-order valence-electron chi connectivity index (χ0n) is 18.2. The molecule has 3 aromatic rings. The van der Waals surface area contributed by atoms with Gasteiger partial charge in [0, 0.05) is 42.3 Å². The Kier molecular flexibility index (Phi) is 6.21. The van der Waals surface area contributed by atoms with Crippen molar-refractivity contribution in [3.8, 4) is 5.75 Å². The predicted molar refractivity (Wildman–Crippen MR) is 121 cm³/mol. The molecule has 0 bridgehead atoms. The molecular weight excluding hydrogens is 430 g/mol. The van der Waals surface area contributed by atoms with E-state index in [4.69, 9.17) is 9.15 Å². The van der Waals surface area contributed by atoms with Crippen LogP contribution in [0.25, 0.3) is 11.0 Å². The first-order chi connectivity index (χ1) is 15.8. The number of aliphatic hydroxyl groups excluding tert-OH is 1. The lowest BCUT2D eigenvalue weighted by Crippen LogP contribution is -2.40. The molecule has 2 aromatic carbocycles. The minimum absolute atomic E-state index is 0.0377. The highest BCUT2D eigenvalue weighted by atomic mass is 16.6. The first-order valence-electron chi connectivity index (χ1n) is 10.5. The third-order valence-corrected chi connectivity index (χ3v) is 5.90. The lowest BCUT2D eigenvalue weighted by atomic mass is 9.85. The minimum Gasteiger partial charge on any atom is -0.488 e. The highest BCUT2D eigenvalue weighted by Gasteiger charge is 2.33. The number of hydrogen-bond donors (Lipinski definition) is 1. The summed E-state index contributed by atoms with van der Waals surface area (Å²) >= 11 is 0. The summed E-state index contributed by atoms with van der Waals surface area (Å²) in [6, 6.07) is 8.60. The van der Waals surface area contributed by atoms with Gasteiger partial charge >= 0.3 is 0 Å². The molecule has 0 radical (unpaired) electrons. The maximum absolute atomic E-state index is 12.7. The molecular formula is C23H23N3O7. The molecule has 172 valence electrons. The molecule has 2 unspecified atom stereocenters. The second-order valence-corrected chi connectivity index (χ2v) is 8.26. The van der Waals surface area contributed by atoms with Crippen molar-refractivity contribution >= 4 is 22.3 Å². The van der Waals surface area contributed by atoms with Gasteiger partial charge in [0.05, 0.1) is 16.4 Å². The van der Waals surface area contributed by atoms with Crippen molar-refractivity contribution in [2.24, 2.45) is 5.18 Å². The summed E-state index contributed by atoms with van der Waals surface area (Å²) in [4.78, 5) is 36.7. The van der Waals surface area contributed by atoms with E-state index in [0.717, 1.165) is 6.54 Å². The number of nitro groups is 1. The highest BCUT2D eigenvalue weighted by Crippen LogP contribution is 2.43. The Morgan fingerprint density at radius 3 is 2.67 bits per heavy atom. The fraction of sp³-hybridized carbons (Fsp3) is 0.348. The van der Waals surface area contributed by atoms with Gasteiger partial charge in [-0.25, -0.2) is 0 Å². The van der Waals surface area contributed by atoms with Crippen LogP contribution in [-0.2, 0) is 6.61 Å². The fourth-order valence-corrected chi connectivity index (χ4v) is 4.27. The monoisotopic (exact) mass is 453 g/mol. The smallest absolute Gasteiger partial charge is 0.269 e. The number of benzene rings is 2. The molecule has 0 spiro atoms. The van der Waals surface area contributed by atoms with E-state index in [1.165, 1.54) is 24.3 Å². The maximum atomic E-state index is 12.7.